The van der Waals surface area contributed by atoms with Gasteiger partial charge in [-0.2, -0.15) is 0 Å². The fraction of sp³-hybridized carbons (Fsp3) is 0.929. The van der Waals surface area contributed by atoms with E-state index in [1.165, 1.54) is 58.0 Å². The highest BCUT2D eigenvalue weighted by molar-refractivity contribution is 14.0. The predicted octanol–water partition coefficient (Wildman–Crippen LogP) is 2.28. The van der Waals surface area contributed by atoms with Crippen molar-refractivity contribution in [3.63, 3.8) is 0 Å². The molecule has 0 amide bonds. The van der Waals surface area contributed by atoms with Crippen LogP contribution in [-0.4, -0.2) is 55.0 Å². The first-order valence-electron chi connectivity index (χ1n) is 7.63. The summed E-state index contributed by atoms with van der Waals surface area (Å²) >= 11 is 0. The highest BCUT2D eigenvalue weighted by Crippen LogP contribution is 2.10. The van der Waals surface area contributed by atoms with Gasteiger partial charge in [0.2, 0.25) is 0 Å². The van der Waals surface area contributed by atoms with Crippen molar-refractivity contribution in [3.8, 4) is 0 Å². The van der Waals surface area contributed by atoms with E-state index >= 15 is 0 Å². The van der Waals surface area contributed by atoms with E-state index in [1.807, 2.05) is 0 Å². The lowest BCUT2D eigenvalue weighted by Gasteiger charge is -2.26. The molecule has 0 bridgehead atoms. The molecule has 5 heteroatoms. The molecule has 2 N–H and O–H groups in total. The predicted molar refractivity (Wildman–Crippen MR) is 92.2 cm³/mol. The second kappa shape index (κ2) is 9.80. The van der Waals surface area contributed by atoms with Crippen LogP contribution < -0.4 is 5.73 Å². The Morgan fingerprint density at radius 1 is 0.842 bits per heavy atom. The van der Waals surface area contributed by atoms with Crippen molar-refractivity contribution in [1.82, 2.24) is 9.80 Å². The van der Waals surface area contributed by atoms with Gasteiger partial charge in [0.25, 0.3) is 0 Å². The smallest absolute Gasteiger partial charge is 0.191 e. The quantitative estimate of drug-likeness (QED) is 0.464. The molecule has 2 saturated heterocycles. The second-order valence-corrected chi connectivity index (χ2v) is 5.54. The Balaban J connectivity index is 0.00000180. The number of guanidine groups is 1. The maximum absolute atomic E-state index is 6.09. The molecule has 19 heavy (non-hydrogen) atoms. The summed E-state index contributed by atoms with van der Waals surface area (Å²) in [4.78, 5) is 9.35. The van der Waals surface area contributed by atoms with Crippen LogP contribution in [0.2, 0.25) is 0 Å². The van der Waals surface area contributed by atoms with Gasteiger partial charge in [-0.15, -0.1) is 24.0 Å². The molecule has 0 aromatic carbocycles. The largest absolute Gasteiger partial charge is 0.370 e. The highest BCUT2D eigenvalue weighted by atomic mass is 127. The molecule has 0 aromatic rings. The summed E-state index contributed by atoms with van der Waals surface area (Å²) in [6.45, 7) is 6.63. The van der Waals surface area contributed by atoms with Crippen LogP contribution in [0.5, 0.6) is 0 Å². The van der Waals surface area contributed by atoms with Crippen molar-refractivity contribution in [1.29, 1.82) is 0 Å². The first-order chi connectivity index (χ1) is 8.86. The molecule has 2 rings (SSSR count). The van der Waals surface area contributed by atoms with E-state index in [1.54, 1.807) is 0 Å². The fourth-order valence-corrected chi connectivity index (χ4v) is 2.89. The molecule has 0 atom stereocenters. The summed E-state index contributed by atoms with van der Waals surface area (Å²) in [6, 6.07) is 0. The van der Waals surface area contributed by atoms with Crippen LogP contribution in [0.25, 0.3) is 0 Å². The molecule has 2 aliphatic heterocycles. The standard InChI is InChI=1S/C14H28N4.HI/c15-14(18-11-6-1-2-7-12-18)16-8-13-17-9-4-3-5-10-17;/h1-13H2,(H2,15,16);1H. The first-order valence-corrected chi connectivity index (χ1v) is 7.63. The third kappa shape index (κ3) is 6.29. The van der Waals surface area contributed by atoms with Gasteiger partial charge in [0.15, 0.2) is 5.96 Å². The van der Waals surface area contributed by atoms with Crippen molar-refractivity contribution >= 4 is 29.9 Å². The van der Waals surface area contributed by atoms with Gasteiger partial charge in [-0.25, -0.2) is 0 Å². The number of nitrogens with two attached hydrogens (primary N) is 1. The number of nitrogens with zero attached hydrogens (tertiary/aromatic N) is 3. The molecule has 0 unspecified atom stereocenters. The molecule has 0 radical (unpaired) electrons. The molecule has 112 valence electrons. The van der Waals surface area contributed by atoms with Crippen LogP contribution in [-0.2, 0) is 0 Å². The number of hydrogen-bond donors (Lipinski definition) is 1. The van der Waals surface area contributed by atoms with Crippen LogP contribution in [0.3, 0.4) is 0 Å². The molecule has 2 aliphatic rings. The lowest BCUT2D eigenvalue weighted by Crippen LogP contribution is -2.39. The zero-order valence-corrected chi connectivity index (χ0v) is 14.3. The summed E-state index contributed by atoms with van der Waals surface area (Å²) < 4.78 is 0. The van der Waals surface area contributed by atoms with Crippen molar-refractivity contribution in [2.45, 2.75) is 44.9 Å². The minimum absolute atomic E-state index is 0. The molecule has 2 heterocycles. The average molecular weight is 380 g/mol. The number of halogens is 1. The van der Waals surface area contributed by atoms with E-state index in [-0.39, 0.29) is 24.0 Å². The van der Waals surface area contributed by atoms with Crippen molar-refractivity contribution < 1.29 is 0 Å². The van der Waals surface area contributed by atoms with E-state index in [0.29, 0.717) is 0 Å². The number of piperidine rings is 1. The van der Waals surface area contributed by atoms with Crippen LogP contribution in [0, 0.1) is 0 Å². The summed E-state index contributed by atoms with van der Waals surface area (Å²) in [5, 5.41) is 0. The summed E-state index contributed by atoms with van der Waals surface area (Å²) in [5.74, 6) is 0.772. The topological polar surface area (TPSA) is 44.9 Å². The van der Waals surface area contributed by atoms with Gasteiger partial charge >= 0.3 is 0 Å². The Hall–Kier alpha value is -0.0400. The van der Waals surface area contributed by atoms with Crippen LogP contribution in [0.15, 0.2) is 4.99 Å². The van der Waals surface area contributed by atoms with Gasteiger partial charge in [-0.05, 0) is 38.8 Å². The number of likely N-dealkylation sites (tertiary alicyclic amines) is 2. The van der Waals surface area contributed by atoms with Crippen molar-refractivity contribution in [3.05, 3.63) is 0 Å². The van der Waals surface area contributed by atoms with E-state index in [0.717, 1.165) is 32.1 Å². The maximum Gasteiger partial charge on any atom is 0.191 e. The molecule has 0 spiro atoms. The van der Waals surface area contributed by atoms with E-state index in [4.69, 9.17) is 5.73 Å². The van der Waals surface area contributed by atoms with Gasteiger partial charge < -0.3 is 15.5 Å². The highest BCUT2D eigenvalue weighted by Gasteiger charge is 2.12. The van der Waals surface area contributed by atoms with Crippen LogP contribution >= 0.6 is 24.0 Å². The van der Waals surface area contributed by atoms with E-state index in [9.17, 15) is 0 Å². The Morgan fingerprint density at radius 3 is 2.00 bits per heavy atom. The lowest BCUT2D eigenvalue weighted by molar-refractivity contribution is 0.235. The first kappa shape index (κ1) is 17.0. The normalized spacial score (nSPS) is 22.7. The minimum atomic E-state index is 0. The summed E-state index contributed by atoms with van der Waals surface area (Å²) in [6.07, 6.45) is 9.33. The minimum Gasteiger partial charge on any atom is -0.370 e. The summed E-state index contributed by atoms with van der Waals surface area (Å²) in [7, 11) is 0. The lowest BCUT2D eigenvalue weighted by atomic mass is 10.1. The van der Waals surface area contributed by atoms with Crippen LogP contribution in [0.1, 0.15) is 44.9 Å². The SMILES string of the molecule is I.NC(=NCCN1CCCCC1)N1CCCCCC1. The molecular weight excluding hydrogens is 351 g/mol. The van der Waals surface area contributed by atoms with Gasteiger partial charge in [-0.1, -0.05) is 19.3 Å². The van der Waals surface area contributed by atoms with Gasteiger partial charge in [0.05, 0.1) is 6.54 Å². The Labute approximate surface area is 134 Å². The molecule has 2 fully saturated rings. The van der Waals surface area contributed by atoms with E-state index in [2.05, 4.69) is 14.8 Å². The Morgan fingerprint density at radius 2 is 1.37 bits per heavy atom. The summed E-state index contributed by atoms with van der Waals surface area (Å²) in [5.41, 5.74) is 6.09. The Bertz CT molecular complexity index is 256. The third-order valence-corrected chi connectivity index (χ3v) is 4.07. The Kier molecular flexibility index (Phi) is 8.77. The number of aliphatic imine (C=N–C) groups is 1. The molecule has 0 aromatic heterocycles. The molecule has 0 saturated carbocycles. The third-order valence-electron chi connectivity index (χ3n) is 4.07. The second-order valence-electron chi connectivity index (χ2n) is 5.54. The zero-order valence-electron chi connectivity index (χ0n) is 12.0. The number of hydrogen-bond acceptors (Lipinski definition) is 2. The fourth-order valence-electron chi connectivity index (χ4n) is 2.89. The molecule has 0 aliphatic carbocycles. The van der Waals surface area contributed by atoms with Crippen LogP contribution in [0.4, 0.5) is 0 Å². The van der Waals surface area contributed by atoms with Gasteiger partial charge in [0.1, 0.15) is 0 Å². The molecular formula is C14H29IN4. The molecule has 4 nitrogen and oxygen atoms in total. The maximum atomic E-state index is 6.09. The van der Waals surface area contributed by atoms with Gasteiger partial charge in [-0.3, -0.25) is 4.99 Å². The van der Waals surface area contributed by atoms with Crippen molar-refractivity contribution in [2.75, 3.05) is 39.3 Å². The number of rotatable bonds is 3. The monoisotopic (exact) mass is 380 g/mol. The van der Waals surface area contributed by atoms with Gasteiger partial charge in [0, 0.05) is 19.6 Å². The van der Waals surface area contributed by atoms with E-state index < -0.39 is 0 Å². The zero-order chi connectivity index (χ0) is 12.6. The van der Waals surface area contributed by atoms with Crippen molar-refractivity contribution in [2.24, 2.45) is 10.7 Å². The average Bonchev–Trinajstić information content (AvgIpc) is 2.69.